The molecule has 0 saturated heterocycles. The van der Waals surface area contributed by atoms with Gasteiger partial charge in [-0.15, -0.1) is 16.9 Å². The van der Waals surface area contributed by atoms with E-state index in [1.165, 1.54) is 0 Å². The molecule has 0 aliphatic rings. The minimum Gasteiger partial charge on any atom is -0.355 e. The van der Waals surface area contributed by atoms with E-state index in [4.69, 9.17) is 11.6 Å². The average Bonchev–Trinajstić information content (AvgIpc) is 2.99. The SMILES string of the molecule is O=C(CSCc1ccccc1Cl)NCCCn1ccnn1. The van der Waals surface area contributed by atoms with E-state index in [1.807, 2.05) is 24.3 Å². The molecular formula is C14H17ClN4OS. The first-order valence-electron chi connectivity index (χ1n) is 6.67. The summed E-state index contributed by atoms with van der Waals surface area (Å²) in [6.07, 6.45) is 4.29. The molecule has 1 heterocycles. The Bertz CT molecular complexity index is 562. The van der Waals surface area contributed by atoms with Gasteiger partial charge in [-0.2, -0.15) is 0 Å². The first kappa shape index (κ1) is 15.9. The lowest BCUT2D eigenvalue weighted by Crippen LogP contribution is -2.27. The van der Waals surface area contributed by atoms with Crippen LogP contribution in [0.4, 0.5) is 0 Å². The zero-order chi connectivity index (χ0) is 14.9. The Labute approximate surface area is 133 Å². The number of thioether (sulfide) groups is 1. The normalized spacial score (nSPS) is 10.5. The Morgan fingerprint density at radius 3 is 3.00 bits per heavy atom. The summed E-state index contributed by atoms with van der Waals surface area (Å²) in [6, 6.07) is 7.69. The number of halogens is 1. The van der Waals surface area contributed by atoms with E-state index >= 15 is 0 Å². The lowest BCUT2D eigenvalue weighted by Gasteiger charge is -2.06. The lowest BCUT2D eigenvalue weighted by molar-refractivity contribution is -0.118. The molecule has 0 saturated carbocycles. The number of aryl methyl sites for hydroxylation is 1. The van der Waals surface area contributed by atoms with E-state index in [0.29, 0.717) is 12.3 Å². The molecule has 1 aromatic carbocycles. The van der Waals surface area contributed by atoms with E-state index in [1.54, 1.807) is 28.8 Å². The van der Waals surface area contributed by atoms with Gasteiger partial charge in [-0.25, -0.2) is 0 Å². The van der Waals surface area contributed by atoms with Crippen molar-refractivity contribution < 1.29 is 4.79 Å². The van der Waals surface area contributed by atoms with Crippen molar-refractivity contribution >= 4 is 29.3 Å². The first-order valence-corrected chi connectivity index (χ1v) is 8.21. The Balaban J connectivity index is 1.56. The maximum Gasteiger partial charge on any atom is 0.230 e. The van der Waals surface area contributed by atoms with Gasteiger partial charge in [0.25, 0.3) is 0 Å². The highest BCUT2D eigenvalue weighted by molar-refractivity contribution is 7.99. The highest BCUT2D eigenvalue weighted by Gasteiger charge is 2.03. The number of amides is 1. The molecule has 112 valence electrons. The van der Waals surface area contributed by atoms with Gasteiger partial charge in [-0.05, 0) is 18.1 Å². The third-order valence-electron chi connectivity index (χ3n) is 2.81. The van der Waals surface area contributed by atoms with Crippen LogP contribution < -0.4 is 5.32 Å². The third kappa shape index (κ3) is 5.77. The van der Waals surface area contributed by atoms with Gasteiger partial charge in [0.1, 0.15) is 0 Å². The molecule has 0 aliphatic carbocycles. The molecule has 1 amide bonds. The molecule has 5 nitrogen and oxygen atoms in total. The van der Waals surface area contributed by atoms with Crippen molar-refractivity contribution in [2.75, 3.05) is 12.3 Å². The lowest BCUT2D eigenvalue weighted by atomic mass is 10.2. The minimum atomic E-state index is 0.0469. The van der Waals surface area contributed by atoms with Crippen molar-refractivity contribution in [2.24, 2.45) is 0 Å². The average molecular weight is 325 g/mol. The van der Waals surface area contributed by atoms with Crippen molar-refractivity contribution in [3.8, 4) is 0 Å². The molecule has 0 bridgehead atoms. The molecule has 21 heavy (non-hydrogen) atoms. The third-order valence-corrected chi connectivity index (χ3v) is 4.16. The maximum atomic E-state index is 11.7. The first-order chi connectivity index (χ1) is 10.3. The van der Waals surface area contributed by atoms with Crippen LogP contribution in [0.15, 0.2) is 36.7 Å². The van der Waals surface area contributed by atoms with Gasteiger partial charge in [0.2, 0.25) is 5.91 Å². The number of hydrogen-bond donors (Lipinski definition) is 1. The Hall–Kier alpha value is -1.53. The standard InChI is InChI=1S/C14H17ClN4OS/c15-13-5-2-1-4-12(13)10-21-11-14(20)16-6-3-8-19-9-7-17-18-19/h1-2,4-5,7,9H,3,6,8,10-11H2,(H,16,20). The van der Waals surface area contributed by atoms with E-state index < -0.39 is 0 Å². The van der Waals surface area contributed by atoms with E-state index in [0.717, 1.165) is 29.3 Å². The second-order valence-electron chi connectivity index (χ2n) is 4.45. The number of benzene rings is 1. The Morgan fingerprint density at radius 1 is 1.38 bits per heavy atom. The summed E-state index contributed by atoms with van der Waals surface area (Å²) >= 11 is 7.62. The number of nitrogens with zero attached hydrogens (tertiary/aromatic N) is 3. The highest BCUT2D eigenvalue weighted by atomic mass is 35.5. The number of hydrogen-bond acceptors (Lipinski definition) is 4. The fraction of sp³-hybridized carbons (Fsp3) is 0.357. The highest BCUT2D eigenvalue weighted by Crippen LogP contribution is 2.20. The Kier molecular flexibility index (Phi) is 6.56. The molecular weight excluding hydrogens is 308 g/mol. The number of aromatic nitrogens is 3. The van der Waals surface area contributed by atoms with E-state index in [9.17, 15) is 4.79 Å². The van der Waals surface area contributed by atoms with Crippen LogP contribution in [-0.4, -0.2) is 33.2 Å². The topological polar surface area (TPSA) is 59.8 Å². The van der Waals surface area contributed by atoms with Crippen LogP contribution in [0.25, 0.3) is 0 Å². The van der Waals surface area contributed by atoms with Crippen molar-refractivity contribution in [1.82, 2.24) is 20.3 Å². The minimum absolute atomic E-state index is 0.0469. The van der Waals surface area contributed by atoms with Crippen molar-refractivity contribution in [1.29, 1.82) is 0 Å². The number of carbonyl (C=O) groups excluding carboxylic acids is 1. The van der Waals surface area contributed by atoms with Crippen LogP contribution in [0, 0.1) is 0 Å². The summed E-state index contributed by atoms with van der Waals surface area (Å²) in [5.41, 5.74) is 1.06. The number of rotatable bonds is 8. The number of carbonyl (C=O) groups is 1. The van der Waals surface area contributed by atoms with Gasteiger partial charge in [0.15, 0.2) is 0 Å². The summed E-state index contributed by atoms with van der Waals surface area (Å²) in [7, 11) is 0. The smallest absolute Gasteiger partial charge is 0.230 e. The Morgan fingerprint density at radius 2 is 2.24 bits per heavy atom. The van der Waals surface area contributed by atoms with Gasteiger partial charge in [-0.3, -0.25) is 9.48 Å². The predicted molar refractivity (Wildman–Crippen MR) is 85.3 cm³/mol. The van der Waals surface area contributed by atoms with E-state index in [2.05, 4.69) is 15.6 Å². The van der Waals surface area contributed by atoms with Crippen LogP contribution in [-0.2, 0) is 17.1 Å². The molecule has 0 spiro atoms. The molecule has 0 radical (unpaired) electrons. The molecule has 0 unspecified atom stereocenters. The van der Waals surface area contributed by atoms with Crippen LogP contribution in [0.5, 0.6) is 0 Å². The summed E-state index contributed by atoms with van der Waals surface area (Å²) in [4.78, 5) is 11.7. The quantitative estimate of drug-likeness (QED) is 0.757. The molecule has 2 rings (SSSR count). The van der Waals surface area contributed by atoms with Gasteiger partial charge < -0.3 is 5.32 Å². The molecule has 1 aromatic heterocycles. The van der Waals surface area contributed by atoms with Crippen molar-refractivity contribution in [3.05, 3.63) is 47.2 Å². The number of nitrogens with one attached hydrogen (secondary N) is 1. The monoisotopic (exact) mass is 324 g/mol. The van der Waals surface area contributed by atoms with Gasteiger partial charge in [0, 0.05) is 30.1 Å². The molecule has 0 fully saturated rings. The molecule has 7 heteroatoms. The summed E-state index contributed by atoms with van der Waals surface area (Å²) in [5, 5.41) is 11.2. The second kappa shape index (κ2) is 8.69. The molecule has 0 atom stereocenters. The fourth-order valence-electron chi connectivity index (χ4n) is 1.74. The zero-order valence-electron chi connectivity index (χ0n) is 11.5. The summed E-state index contributed by atoms with van der Waals surface area (Å²) in [6.45, 7) is 1.40. The van der Waals surface area contributed by atoms with Gasteiger partial charge in [-0.1, -0.05) is 35.0 Å². The van der Waals surface area contributed by atoms with Crippen molar-refractivity contribution in [3.63, 3.8) is 0 Å². The van der Waals surface area contributed by atoms with E-state index in [-0.39, 0.29) is 5.91 Å². The summed E-state index contributed by atoms with van der Waals surface area (Å²) in [5.74, 6) is 1.23. The molecule has 1 N–H and O–H groups in total. The largest absolute Gasteiger partial charge is 0.355 e. The van der Waals surface area contributed by atoms with Gasteiger partial charge in [0.05, 0.1) is 11.9 Å². The van der Waals surface area contributed by atoms with Crippen LogP contribution in [0.2, 0.25) is 5.02 Å². The van der Waals surface area contributed by atoms with Crippen LogP contribution >= 0.6 is 23.4 Å². The van der Waals surface area contributed by atoms with Crippen molar-refractivity contribution in [2.45, 2.75) is 18.7 Å². The zero-order valence-corrected chi connectivity index (χ0v) is 13.1. The van der Waals surface area contributed by atoms with Crippen LogP contribution in [0.3, 0.4) is 0 Å². The maximum absolute atomic E-state index is 11.7. The van der Waals surface area contributed by atoms with Crippen LogP contribution in [0.1, 0.15) is 12.0 Å². The summed E-state index contributed by atoms with van der Waals surface area (Å²) < 4.78 is 1.75. The van der Waals surface area contributed by atoms with Gasteiger partial charge >= 0.3 is 0 Å². The predicted octanol–water partition coefficient (Wildman–Crippen LogP) is 2.37. The molecule has 0 aliphatic heterocycles. The second-order valence-corrected chi connectivity index (χ2v) is 5.85. The fourth-order valence-corrected chi connectivity index (χ4v) is 2.88. The molecule has 2 aromatic rings.